The van der Waals surface area contributed by atoms with Crippen LogP contribution >= 0.6 is 0 Å². The maximum Gasteiger partial charge on any atom is 0.295 e. The molecule has 0 aromatic heterocycles. The summed E-state index contributed by atoms with van der Waals surface area (Å²) in [6.07, 6.45) is 3.90. The normalized spacial score (nSPS) is 15.7. The van der Waals surface area contributed by atoms with E-state index in [1.165, 1.54) is 0 Å². The number of hydrogen-bond acceptors (Lipinski definition) is 3. The van der Waals surface area contributed by atoms with Crippen molar-refractivity contribution < 1.29 is 13.6 Å². The predicted molar refractivity (Wildman–Crippen MR) is 120 cm³/mol. The van der Waals surface area contributed by atoms with Gasteiger partial charge in [-0.3, -0.25) is 4.79 Å². The van der Waals surface area contributed by atoms with Crippen molar-refractivity contribution >= 4 is 36.8 Å². The molecule has 1 aromatic rings. The molecule has 0 saturated carbocycles. The third kappa shape index (κ3) is 8.62. The van der Waals surface area contributed by atoms with Gasteiger partial charge in [0.05, 0.1) is 19.7 Å². The summed E-state index contributed by atoms with van der Waals surface area (Å²) >= 11 is 0. The summed E-state index contributed by atoms with van der Waals surface area (Å²) in [5, 5.41) is 0. The van der Waals surface area contributed by atoms with Gasteiger partial charge in [0.2, 0.25) is 8.32 Å². The van der Waals surface area contributed by atoms with Crippen LogP contribution in [0.5, 0.6) is 0 Å². The minimum absolute atomic E-state index is 0.0794. The summed E-state index contributed by atoms with van der Waals surface area (Å²) in [4.78, 5) is 13.1. The molecule has 1 aromatic carbocycles. The third-order valence-corrected chi connectivity index (χ3v) is 7.91. The Morgan fingerprint density at radius 2 is 1.42 bits per heavy atom. The van der Waals surface area contributed by atoms with E-state index in [0.717, 1.165) is 5.56 Å². The van der Waals surface area contributed by atoms with Gasteiger partial charge in [-0.2, -0.15) is 0 Å². The van der Waals surface area contributed by atoms with Gasteiger partial charge >= 0.3 is 0 Å². The first-order chi connectivity index (χ1) is 11.7. The van der Waals surface area contributed by atoms with Crippen LogP contribution in [0.4, 0.5) is 0 Å². The standard InChI is InChI=1S/C20H36O3Si3/c1-24(2,3)19(20(21)23-26(7,8)9)18(22-25(4,5)6)16-15-17-13-11-10-12-14-17/h10-16,18-19H,1-9H3/b16-15+/t18-,19-/m0/s1. The lowest BCUT2D eigenvalue weighted by molar-refractivity contribution is -0.136. The highest BCUT2D eigenvalue weighted by molar-refractivity contribution is 6.81. The summed E-state index contributed by atoms with van der Waals surface area (Å²) in [6.45, 7) is 19.3. The average molecular weight is 409 g/mol. The van der Waals surface area contributed by atoms with Gasteiger partial charge < -0.3 is 8.85 Å². The van der Waals surface area contributed by atoms with Crippen LogP contribution in [0.3, 0.4) is 0 Å². The van der Waals surface area contributed by atoms with E-state index in [0.29, 0.717) is 0 Å². The third-order valence-electron chi connectivity index (χ3n) is 3.69. The fourth-order valence-corrected chi connectivity index (χ4v) is 6.69. The Balaban J connectivity index is 3.24. The number of hydrogen-bond donors (Lipinski definition) is 0. The van der Waals surface area contributed by atoms with Gasteiger partial charge in [0, 0.05) is 0 Å². The fourth-order valence-electron chi connectivity index (χ4n) is 2.74. The molecule has 1 rings (SSSR count). The molecule has 0 N–H and O–H groups in total. The molecule has 0 spiro atoms. The molecule has 146 valence electrons. The van der Waals surface area contributed by atoms with Gasteiger partial charge in [-0.1, -0.05) is 62.1 Å². The molecule has 6 heteroatoms. The van der Waals surface area contributed by atoms with Crippen molar-refractivity contribution in [2.24, 2.45) is 0 Å². The molecule has 0 bridgehead atoms. The first-order valence-electron chi connectivity index (χ1n) is 9.33. The Morgan fingerprint density at radius 1 is 0.885 bits per heavy atom. The summed E-state index contributed by atoms with van der Waals surface area (Å²) in [5.74, 6) is -0.0794. The topological polar surface area (TPSA) is 35.5 Å². The molecule has 0 aliphatic carbocycles. The van der Waals surface area contributed by atoms with Crippen LogP contribution < -0.4 is 0 Å². The van der Waals surface area contributed by atoms with Crippen molar-refractivity contribution in [2.45, 2.75) is 70.6 Å². The number of carbonyl (C=O) groups excluding carboxylic acids is 1. The van der Waals surface area contributed by atoms with E-state index in [-0.39, 0.29) is 17.6 Å². The summed E-state index contributed by atoms with van der Waals surface area (Å²) in [6, 6.07) is 10.2. The van der Waals surface area contributed by atoms with Gasteiger partial charge in [0.1, 0.15) is 0 Å². The fraction of sp³-hybridized carbons (Fsp3) is 0.550. The van der Waals surface area contributed by atoms with Crippen molar-refractivity contribution in [3.05, 3.63) is 42.0 Å². The predicted octanol–water partition coefficient (Wildman–Crippen LogP) is 6.01. The first kappa shape index (κ1) is 23.1. The van der Waals surface area contributed by atoms with Gasteiger partial charge in [0.15, 0.2) is 8.32 Å². The van der Waals surface area contributed by atoms with E-state index in [4.69, 9.17) is 8.85 Å². The molecule has 26 heavy (non-hydrogen) atoms. The lowest BCUT2D eigenvalue weighted by atomic mass is 10.1. The highest BCUT2D eigenvalue weighted by Crippen LogP contribution is 2.33. The average Bonchev–Trinajstić information content (AvgIpc) is 2.40. The summed E-state index contributed by atoms with van der Waals surface area (Å²) < 4.78 is 12.4. The Bertz CT molecular complexity index is 608. The largest absolute Gasteiger partial charge is 0.520 e. The Hall–Kier alpha value is -0.959. The van der Waals surface area contributed by atoms with Gasteiger partial charge in [-0.25, -0.2) is 0 Å². The van der Waals surface area contributed by atoms with E-state index >= 15 is 0 Å². The molecule has 0 aliphatic heterocycles. The second-order valence-corrected chi connectivity index (χ2v) is 24.1. The van der Waals surface area contributed by atoms with E-state index in [2.05, 4.69) is 83.2 Å². The smallest absolute Gasteiger partial charge is 0.295 e. The van der Waals surface area contributed by atoms with Gasteiger partial charge in [-0.05, 0) is 44.8 Å². The second-order valence-electron chi connectivity index (χ2n) is 9.84. The molecule has 3 nitrogen and oxygen atoms in total. The van der Waals surface area contributed by atoms with Crippen LogP contribution in [-0.4, -0.2) is 36.8 Å². The van der Waals surface area contributed by atoms with Crippen molar-refractivity contribution in [2.75, 3.05) is 0 Å². The quantitative estimate of drug-likeness (QED) is 0.494. The maximum atomic E-state index is 13.1. The lowest BCUT2D eigenvalue weighted by Gasteiger charge is -2.37. The second kappa shape index (κ2) is 8.82. The zero-order valence-electron chi connectivity index (χ0n) is 17.9. The number of rotatable bonds is 8. The Morgan fingerprint density at radius 3 is 1.85 bits per heavy atom. The number of carbonyl (C=O) groups is 1. The van der Waals surface area contributed by atoms with Crippen molar-refractivity contribution in [3.63, 3.8) is 0 Å². The monoisotopic (exact) mass is 408 g/mol. The molecular formula is C20H36O3Si3. The zero-order valence-corrected chi connectivity index (χ0v) is 20.9. The molecule has 2 atom stereocenters. The molecule has 0 unspecified atom stereocenters. The van der Waals surface area contributed by atoms with Crippen molar-refractivity contribution in [1.29, 1.82) is 0 Å². The molecular weight excluding hydrogens is 372 g/mol. The van der Waals surface area contributed by atoms with Crippen LogP contribution in [0, 0.1) is 0 Å². The van der Waals surface area contributed by atoms with E-state index in [1.807, 2.05) is 18.2 Å². The van der Waals surface area contributed by atoms with Gasteiger partial charge in [0.25, 0.3) is 5.97 Å². The molecule has 0 fully saturated rings. The zero-order chi connectivity index (χ0) is 20.2. The van der Waals surface area contributed by atoms with Crippen molar-refractivity contribution in [3.8, 4) is 0 Å². The minimum atomic E-state index is -1.95. The summed E-state index contributed by atoms with van der Waals surface area (Å²) in [7, 11) is -5.64. The molecule has 0 saturated heterocycles. The van der Waals surface area contributed by atoms with Crippen LogP contribution in [-0.2, 0) is 13.6 Å². The highest BCUT2D eigenvalue weighted by atomic mass is 28.4. The van der Waals surface area contributed by atoms with E-state index in [1.54, 1.807) is 0 Å². The SMILES string of the molecule is C[Si](C)(C)OC(=O)[C@H]([C@H](/C=C/c1ccccc1)O[Si](C)(C)C)[Si](C)(C)C. The Kier molecular flexibility index (Phi) is 7.83. The number of benzene rings is 1. The maximum absolute atomic E-state index is 13.1. The van der Waals surface area contributed by atoms with E-state index < -0.39 is 24.7 Å². The lowest BCUT2D eigenvalue weighted by Crippen LogP contribution is -2.47. The molecule has 0 radical (unpaired) electrons. The first-order valence-corrected chi connectivity index (χ1v) is 19.7. The highest BCUT2D eigenvalue weighted by Gasteiger charge is 2.43. The van der Waals surface area contributed by atoms with Crippen molar-refractivity contribution in [1.82, 2.24) is 0 Å². The molecule has 0 heterocycles. The van der Waals surface area contributed by atoms with Crippen LogP contribution in [0.1, 0.15) is 5.56 Å². The Labute approximate surface area is 163 Å². The van der Waals surface area contributed by atoms with Crippen LogP contribution in [0.15, 0.2) is 36.4 Å². The molecule has 0 aliphatic rings. The minimum Gasteiger partial charge on any atom is -0.520 e. The van der Waals surface area contributed by atoms with E-state index in [9.17, 15) is 4.79 Å². The van der Waals surface area contributed by atoms with Crippen LogP contribution in [0.25, 0.3) is 6.08 Å². The summed E-state index contributed by atoms with van der Waals surface area (Å²) in [5.41, 5.74) is 0.908. The van der Waals surface area contributed by atoms with Gasteiger partial charge in [-0.15, -0.1) is 0 Å². The van der Waals surface area contributed by atoms with Crippen LogP contribution in [0.2, 0.25) is 64.5 Å². The molecule has 0 amide bonds.